The summed E-state index contributed by atoms with van der Waals surface area (Å²) in [7, 11) is -3.43. The Labute approximate surface area is 131 Å². The van der Waals surface area contributed by atoms with Crippen LogP contribution in [0, 0.1) is 0 Å². The van der Waals surface area contributed by atoms with Gasteiger partial charge < -0.3 is 9.47 Å². The van der Waals surface area contributed by atoms with Gasteiger partial charge in [-0.2, -0.15) is 4.31 Å². The minimum Gasteiger partial charge on any atom is -0.347 e. The zero-order valence-electron chi connectivity index (χ0n) is 12.9. The highest BCUT2D eigenvalue weighted by Gasteiger charge is 2.32. The van der Waals surface area contributed by atoms with Gasteiger partial charge >= 0.3 is 0 Å². The van der Waals surface area contributed by atoms with Crippen LogP contribution in [0.5, 0.6) is 0 Å². The maximum Gasteiger partial charge on any atom is 0.236 e. The second-order valence-electron chi connectivity index (χ2n) is 6.09. The zero-order chi connectivity index (χ0) is 15.8. The first-order valence-electron chi connectivity index (χ1n) is 7.43. The molecule has 0 N–H and O–H groups in total. The van der Waals surface area contributed by atoms with Crippen molar-refractivity contribution in [3.05, 3.63) is 46.9 Å². The molecule has 0 bridgehead atoms. The van der Waals surface area contributed by atoms with Crippen LogP contribution >= 0.6 is 0 Å². The van der Waals surface area contributed by atoms with E-state index < -0.39 is 15.8 Å². The number of ether oxygens (including phenoxy) is 2. The quantitative estimate of drug-likeness (QED) is 0.854. The number of benzene rings is 1. The molecule has 0 saturated carbocycles. The second kappa shape index (κ2) is 5.77. The Hall–Kier alpha value is -1.21. The highest BCUT2D eigenvalue weighted by atomic mass is 32.2. The minimum atomic E-state index is -3.43. The molecule has 120 valence electrons. The van der Waals surface area contributed by atoms with E-state index in [1.165, 1.54) is 15.3 Å². The molecule has 0 unspecified atom stereocenters. The summed E-state index contributed by atoms with van der Waals surface area (Å²) in [6.07, 6.45) is 2.01. The van der Waals surface area contributed by atoms with Crippen LogP contribution < -0.4 is 0 Å². The molecule has 0 aliphatic carbocycles. The summed E-state index contributed by atoms with van der Waals surface area (Å²) in [4.78, 5) is 0. The van der Waals surface area contributed by atoms with Crippen molar-refractivity contribution in [2.45, 2.75) is 38.7 Å². The fraction of sp³-hybridized carbons (Fsp3) is 0.500. The SMILES string of the molecule is CC1(C)OC[C@H](/C=C/S(=O)(=O)N2CCc3ccccc3C2)O1. The molecule has 5 nitrogen and oxygen atoms in total. The normalized spacial score (nSPS) is 25.5. The Kier molecular flexibility index (Phi) is 4.11. The molecule has 22 heavy (non-hydrogen) atoms. The van der Waals surface area contributed by atoms with E-state index in [1.54, 1.807) is 6.08 Å². The van der Waals surface area contributed by atoms with Gasteiger partial charge in [0, 0.05) is 18.5 Å². The molecular formula is C16H21NO4S. The molecule has 1 atom stereocenters. The van der Waals surface area contributed by atoms with Crippen LogP contribution in [0.3, 0.4) is 0 Å². The predicted octanol–water partition coefficient (Wildman–Crippen LogP) is 2.04. The van der Waals surface area contributed by atoms with E-state index in [4.69, 9.17) is 9.47 Å². The van der Waals surface area contributed by atoms with Gasteiger partial charge in [0.1, 0.15) is 6.10 Å². The maximum atomic E-state index is 12.5. The Morgan fingerprint density at radius 1 is 1.27 bits per heavy atom. The van der Waals surface area contributed by atoms with Crippen LogP contribution in [-0.2, 0) is 32.5 Å². The van der Waals surface area contributed by atoms with Gasteiger partial charge in [0.2, 0.25) is 10.0 Å². The molecule has 2 aliphatic heterocycles. The number of hydrogen-bond acceptors (Lipinski definition) is 4. The Morgan fingerprint density at radius 2 is 2.00 bits per heavy atom. The van der Waals surface area contributed by atoms with E-state index in [9.17, 15) is 8.42 Å². The van der Waals surface area contributed by atoms with E-state index in [-0.39, 0.29) is 6.10 Å². The van der Waals surface area contributed by atoms with Crippen LogP contribution in [0.25, 0.3) is 0 Å². The fourth-order valence-corrected chi connectivity index (χ4v) is 3.98. The Morgan fingerprint density at radius 3 is 2.68 bits per heavy atom. The minimum absolute atomic E-state index is 0.318. The number of rotatable bonds is 3. The molecule has 2 aliphatic rings. The third-order valence-corrected chi connectivity index (χ3v) is 5.48. The van der Waals surface area contributed by atoms with Gasteiger partial charge in [0.05, 0.1) is 6.61 Å². The Balaban J connectivity index is 1.69. The van der Waals surface area contributed by atoms with Crippen LogP contribution in [0.4, 0.5) is 0 Å². The second-order valence-corrected chi connectivity index (χ2v) is 7.91. The van der Waals surface area contributed by atoms with Crippen LogP contribution in [0.2, 0.25) is 0 Å². The van der Waals surface area contributed by atoms with Gasteiger partial charge in [-0.3, -0.25) is 0 Å². The van der Waals surface area contributed by atoms with Gasteiger partial charge in [0.25, 0.3) is 0 Å². The summed E-state index contributed by atoms with van der Waals surface area (Å²) < 4.78 is 37.4. The Bertz CT molecular complexity index is 681. The first-order valence-corrected chi connectivity index (χ1v) is 8.93. The van der Waals surface area contributed by atoms with Crippen LogP contribution in [-0.4, -0.2) is 37.8 Å². The third kappa shape index (κ3) is 3.41. The van der Waals surface area contributed by atoms with E-state index in [0.29, 0.717) is 19.7 Å². The fourth-order valence-electron chi connectivity index (χ4n) is 2.77. The average molecular weight is 323 g/mol. The number of sulfonamides is 1. The lowest BCUT2D eigenvalue weighted by Gasteiger charge is -2.26. The van der Waals surface area contributed by atoms with E-state index >= 15 is 0 Å². The standard InChI is InChI=1S/C16H21NO4S/c1-16(2)20-12-15(21-16)8-10-22(18,19)17-9-7-13-5-3-4-6-14(13)11-17/h3-6,8,10,15H,7,9,11-12H2,1-2H3/b10-8+/t15-/m0/s1. The molecule has 1 aromatic rings. The van der Waals surface area contributed by atoms with E-state index in [1.807, 2.05) is 32.0 Å². The van der Waals surface area contributed by atoms with Gasteiger partial charge in [-0.15, -0.1) is 0 Å². The molecule has 1 aromatic carbocycles. The third-order valence-electron chi connectivity index (χ3n) is 3.95. The molecule has 2 heterocycles. The van der Waals surface area contributed by atoms with Crippen molar-refractivity contribution in [3.63, 3.8) is 0 Å². The molecule has 6 heteroatoms. The summed E-state index contributed by atoms with van der Waals surface area (Å²) in [5, 5.41) is 1.25. The first-order chi connectivity index (χ1) is 10.4. The van der Waals surface area contributed by atoms with Gasteiger partial charge in [-0.1, -0.05) is 24.3 Å². The molecule has 1 saturated heterocycles. The van der Waals surface area contributed by atoms with Crippen molar-refractivity contribution >= 4 is 10.0 Å². The smallest absolute Gasteiger partial charge is 0.236 e. The van der Waals surface area contributed by atoms with Crippen molar-refractivity contribution in [2.24, 2.45) is 0 Å². The predicted molar refractivity (Wildman–Crippen MR) is 83.5 cm³/mol. The highest BCUT2D eigenvalue weighted by molar-refractivity contribution is 7.92. The summed E-state index contributed by atoms with van der Waals surface area (Å²) in [5.74, 6) is -0.650. The topological polar surface area (TPSA) is 55.8 Å². The summed E-state index contributed by atoms with van der Waals surface area (Å²) in [6, 6.07) is 7.97. The number of hydrogen-bond donors (Lipinski definition) is 0. The molecule has 0 aromatic heterocycles. The van der Waals surface area contributed by atoms with Crippen molar-refractivity contribution in [2.75, 3.05) is 13.2 Å². The van der Waals surface area contributed by atoms with E-state index in [0.717, 1.165) is 12.0 Å². The molecule has 0 spiro atoms. The van der Waals surface area contributed by atoms with Crippen molar-refractivity contribution in [1.82, 2.24) is 4.31 Å². The lowest BCUT2D eigenvalue weighted by Crippen LogP contribution is -2.34. The monoisotopic (exact) mass is 323 g/mol. The largest absolute Gasteiger partial charge is 0.347 e. The molecule has 0 radical (unpaired) electrons. The van der Waals surface area contributed by atoms with Crippen molar-refractivity contribution in [3.8, 4) is 0 Å². The maximum absolute atomic E-state index is 12.5. The summed E-state index contributed by atoms with van der Waals surface area (Å²) in [6.45, 7) is 4.95. The van der Waals surface area contributed by atoms with Gasteiger partial charge in [0.15, 0.2) is 5.79 Å². The first kappa shape index (κ1) is 15.7. The van der Waals surface area contributed by atoms with Crippen molar-refractivity contribution in [1.29, 1.82) is 0 Å². The molecular weight excluding hydrogens is 302 g/mol. The van der Waals surface area contributed by atoms with Gasteiger partial charge in [-0.25, -0.2) is 8.42 Å². The van der Waals surface area contributed by atoms with Crippen LogP contribution in [0.15, 0.2) is 35.7 Å². The molecule has 1 fully saturated rings. The number of nitrogens with zero attached hydrogens (tertiary/aromatic N) is 1. The average Bonchev–Trinajstić information content (AvgIpc) is 2.84. The highest BCUT2D eigenvalue weighted by Crippen LogP contribution is 2.24. The molecule has 3 rings (SSSR count). The summed E-state index contributed by atoms with van der Waals surface area (Å²) >= 11 is 0. The summed E-state index contributed by atoms with van der Waals surface area (Å²) in [5.41, 5.74) is 2.31. The van der Waals surface area contributed by atoms with Gasteiger partial charge in [-0.05, 0) is 37.5 Å². The number of fused-ring (bicyclic) bond motifs is 1. The van der Waals surface area contributed by atoms with Crippen LogP contribution in [0.1, 0.15) is 25.0 Å². The zero-order valence-corrected chi connectivity index (χ0v) is 13.7. The van der Waals surface area contributed by atoms with Crippen molar-refractivity contribution < 1.29 is 17.9 Å². The lowest BCUT2D eigenvalue weighted by molar-refractivity contribution is -0.133. The lowest BCUT2D eigenvalue weighted by atomic mass is 10.0. The molecule has 0 amide bonds. The van der Waals surface area contributed by atoms with E-state index in [2.05, 4.69) is 6.07 Å².